The zero-order valence-electron chi connectivity index (χ0n) is 13.5. The molecule has 2 heteroatoms. The number of aryl methyl sites for hydroxylation is 3. The van der Waals surface area contributed by atoms with Crippen molar-refractivity contribution in [2.45, 2.75) is 27.2 Å². The number of H-pyrrole nitrogens is 1. The maximum Gasteiger partial charge on any atom is 0.216 e. The molecule has 0 atom stereocenters. The Labute approximate surface area is 132 Å². The van der Waals surface area contributed by atoms with E-state index in [4.69, 9.17) is 0 Å². The highest BCUT2D eigenvalue weighted by molar-refractivity contribution is 5.91. The molecule has 0 aliphatic heterocycles. The van der Waals surface area contributed by atoms with Gasteiger partial charge in [-0.2, -0.15) is 0 Å². The molecule has 22 heavy (non-hydrogen) atoms. The molecule has 0 radical (unpaired) electrons. The Morgan fingerprint density at radius 2 is 1.73 bits per heavy atom. The Hall–Kier alpha value is -2.35. The van der Waals surface area contributed by atoms with Crippen molar-refractivity contribution in [2.75, 3.05) is 11.9 Å². The number of rotatable bonds is 4. The summed E-state index contributed by atoms with van der Waals surface area (Å²) >= 11 is 0. The fourth-order valence-electron chi connectivity index (χ4n) is 3.01. The Morgan fingerprint density at radius 1 is 0.955 bits per heavy atom. The van der Waals surface area contributed by atoms with Crippen LogP contribution in [0.2, 0.25) is 0 Å². The summed E-state index contributed by atoms with van der Waals surface area (Å²) in [4.78, 5) is 3.49. The van der Waals surface area contributed by atoms with E-state index in [1.165, 1.54) is 39.0 Å². The third-order valence-electron chi connectivity index (χ3n) is 4.02. The first-order valence-corrected chi connectivity index (χ1v) is 7.85. The van der Waals surface area contributed by atoms with E-state index in [1.54, 1.807) is 0 Å². The molecule has 0 saturated heterocycles. The molecule has 0 unspecified atom stereocenters. The van der Waals surface area contributed by atoms with Gasteiger partial charge in [0, 0.05) is 25.1 Å². The van der Waals surface area contributed by atoms with E-state index in [0.29, 0.717) is 0 Å². The van der Waals surface area contributed by atoms with Crippen molar-refractivity contribution < 1.29 is 4.98 Å². The zero-order chi connectivity index (χ0) is 15.5. The molecular formula is C20H23N2+. The lowest BCUT2D eigenvalue weighted by molar-refractivity contribution is -0.354. The highest BCUT2D eigenvalue weighted by Gasteiger charge is 2.12. The second kappa shape index (κ2) is 6.18. The summed E-state index contributed by atoms with van der Waals surface area (Å²) in [5, 5.41) is 4.89. The van der Waals surface area contributed by atoms with Gasteiger partial charge in [-0.1, -0.05) is 30.3 Å². The van der Waals surface area contributed by atoms with E-state index in [0.717, 1.165) is 13.0 Å². The summed E-state index contributed by atoms with van der Waals surface area (Å²) in [6.45, 7) is 7.37. The lowest BCUT2D eigenvalue weighted by Gasteiger charge is -2.10. The summed E-state index contributed by atoms with van der Waals surface area (Å²) in [7, 11) is 0. The molecule has 2 nitrogen and oxygen atoms in total. The topological polar surface area (TPSA) is 26.2 Å². The molecule has 0 amide bonds. The van der Waals surface area contributed by atoms with Crippen molar-refractivity contribution >= 4 is 16.6 Å². The number of fused-ring (bicyclic) bond motifs is 1. The van der Waals surface area contributed by atoms with Crippen LogP contribution in [0.25, 0.3) is 10.9 Å². The molecule has 3 rings (SSSR count). The highest BCUT2D eigenvalue weighted by Crippen LogP contribution is 2.25. The van der Waals surface area contributed by atoms with Crippen molar-refractivity contribution in [3.8, 4) is 0 Å². The molecule has 2 N–H and O–H groups in total. The third-order valence-corrected chi connectivity index (χ3v) is 4.02. The molecule has 0 fully saturated rings. The van der Waals surface area contributed by atoms with Crippen LogP contribution in [-0.4, -0.2) is 6.54 Å². The third kappa shape index (κ3) is 3.11. The van der Waals surface area contributed by atoms with Crippen LogP contribution in [0.15, 0.2) is 48.5 Å². The van der Waals surface area contributed by atoms with E-state index in [2.05, 4.69) is 79.6 Å². The van der Waals surface area contributed by atoms with Crippen LogP contribution in [0.1, 0.15) is 22.4 Å². The Bertz CT molecular complexity index is 792. The Balaban J connectivity index is 1.87. The normalized spacial score (nSPS) is 10.9. The van der Waals surface area contributed by atoms with E-state index in [-0.39, 0.29) is 0 Å². The van der Waals surface area contributed by atoms with Gasteiger partial charge in [0.15, 0.2) is 5.69 Å². The summed E-state index contributed by atoms with van der Waals surface area (Å²) < 4.78 is 0. The molecule has 0 bridgehead atoms. The van der Waals surface area contributed by atoms with Crippen LogP contribution in [0, 0.1) is 20.8 Å². The number of aromatic amines is 1. The van der Waals surface area contributed by atoms with Crippen molar-refractivity contribution in [1.82, 2.24) is 0 Å². The monoisotopic (exact) mass is 291 g/mol. The van der Waals surface area contributed by atoms with Gasteiger partial charge >= 0.3 is 0 Å². The van der Waals surface area contributed by atoms with Gasteiger partial charge < -0.3 is 5.32 Å². The molecule has 0 saturated carbocycles. The molecule has 0 aliphatic rings. The average Bonchev–Trinajstić information content (AvgIpc) is 2.49. The first-order valence-electron chi connectivity index (χ1n) is 7.85. The zero-order valence-corrected chi connectivity index (χ0v) is 13.5. The largest absolute Gasteiger partial charge is 0.384 e. The van der Waals surface area contributed by atoms with Gasteiger partial charge in [-0.3, -0.25) is 0 Å². The molecular weight excluding hydrogens is 268 g/mol. The minimum atomic E-state index is 0.940. The number of nitrogens with one attached hydrogen (secondary N) is 2. The van der Waals surface area contributed by atoms with Crippen LogP contribution in [0.5, 0.6) is 0 Å². The maximum atomic E-state index is 3.61. The fraction of sp³-hybridized carbons (Fsp3) is 0.250. The quantitative estimate of drug-likeness (QED) is 0.764. The van der Waals surface area contributed by atoms with Gasteiger partial charge in [0.05, 0.1) is 11.1 Å². The van der Waals surface area contributed by atoms with Crippen LogP contribution in [0.3, 0.4) is 0 Å². The molecule has 3 aromatic rings. The summed E-state index contributed by atoms with van der Waals surface area (Å²) in [6, 6.07) is 17.3. The smallest absolute Gasteiger partial charge is 0.216 e. The predicted octanol–water partition coefficient (Wildman–Crippen LogP) is 4.23. The molecule has 2 aromatic carbocycles. The second-order valence-electron chi connectivity index (χ2n) is 6.03. The van der Waals surface area contributed by atoms with E-state index in [9.17, 15) is 0 Å². The van der Waals surface area contributed by atoms with E-state index >= 15 is 0 Å². The number of hydrogen-bond acceptors (Lipinski definition) is 1. The van der Waals surface area contributed by atoms with Crippen molar-refractivity contribution in [2.24, 2.45) is 0 Å². The maximum absolute atomic E-state index is 3.61. The van der Waals surface area contributed by atoms with Gasteiger partial charge in [-0.25, -0.2) is 4.98 Å². The highest BCUT2D eigenvalue weighted by atomic mass is 14.9. The SMILES string of the molecule is Cc1cc(C)c2[nH+]c(C)cc(NCCc3ccccc3)c2c1. The minimum Gasteiger partial charge on any atom is -0.384 e. The second-order valence-corrected chi connectivity index (χ2v) is 6.03. The summed E-state index contributed by atoms with van der Waals surface area (Å²) in [5.74, 6) is 0. The van der Waals surface area contributed by atoms with Gasteiger partial charge in [0.1, 0.15) is 0 Å². The number of aromatic nitrogens is 1. The van der Waals surface area contributed by atoms with Crippen molar-refractivity contribution in [1.29, 1.82) is 0 Å². The average molecular weight is 291 g/mol. The molecule has 112 valence electrons. The number of hydrogen-bond donors (Lipinski definition) is 1. The molecule has 1 aromatic heterocycles. The first kappa shape index (κ1) is 14.6. The first-order chi connectivity index (χ1) is 10.6. The lowest BCUT2D eigenvalue weighted by Crippen LogP contribution is -2.13. The lowest BCUT2D eigenvalue weighted by atomic mass is 10.0. The molecule has 0 aliphatic carbocycles. The van der Waals surface area contributed by atoms with Gasteiger partial charge in [-0.15, -0.1) is 0 Å². The van der Waals surface area contributed by atoms with E-state index < -0.39 is 0 Å². The van der Waals surface area contributed by atoms with E-state index in [1.807, 2.05) is 0 Å². The van der Waals surface area contributed by atoms with Crippen LogP contribution in [0.4, 0.5) is 5.69 Å². The Morgan fingerprint density at radius 3 is 2.50 bits per heavy atom. The summed E-state index contributed by atoms with van der Waals surface area (Å²) in [6.07, 6.45) is 1.03. The number of pyridine rings is 1. The van der Waals surface area contributed by atoms with Gasteiger partial charge in [0.25, 0.3) is 0 Å². The number of benzene rings is 2. The number of anilines is 1. The fourth-order valence-corrected chi connectivity index (χ4v) is 3.01. The standard InChI is InChI=1S/C20H22N2/c1-14-11-15(2)20-18(12-14)19(13-16(3)22-20)21-10-9-17-7-5-4-6-8-17/h4-8,11-13H,9-10H2,1-3H3,(H,21,22)/p+1. The Kier molecular flexibility index (Phi) is 4.10. The van der Waals surface area contributed by atoms with Gasteiger partial charge in [0.2, 0.25) is 5.52 Å². The van der Waals surface area contributed by atoms with Crippen LogP contribution < -0.4 is 10.3 Å². The van der Waals surface area contributed by atoms with Gasteiger partial charge in [-0.05, 0) is 43.5 Å². The molecule has 0 spiro atoms. The van der Waals surface area contributed by atoms with Crippen LogP contribution >= 0.6 is 0 Å². The minimum absolute atomic E-state index is 0.940. The van der Waals surface area contributed by atoms with Crippen molar-refractivity contribution in [3.63, 3.8) is 0 Å². The van der Waals surface area contributed by atoms with Crippen molar-refractivity contribution in [3.05, 3.63) is 70.9 Å². The van der Waals surface area contributed by atoms with Crippen LogP contribution in [-0.2, 0) is 6.42 Å². The summed E-state index contributed by atoms with van der Waals surface area (Å²) in [5.41, 5.74) is 7.59. The molecule has 1 heterocycles. The predicted molar refractivity (Wildman–Crippen MR) is 93.4 cm³/mol.